The number of ether oxygens (including phenoxy) is 2. The predicted octanol–water partition coefficient (Wildman–Crippen LogP) is 3.98. The molecular weight excluding hydrogens is 516 g/mol. The topological polar surface area (TPSA) is 132 Å². The van der Waals surface area contributed by atoms with Gasteiger partial charge in [-0.3, -0.25) is 9.59 Å². The van der Waals surface area contributed by atoms with E-state index in [2.05, 4.69) is 16.0 Å². The summed E-state index contributed by atoms with van der Waals surface area (Å²) < 4.78 is 10.5. The molecule has 10 heteroatoms. The normalized spacial score (nSPS) is 12.3. The van der Waals surface area contributed by atoms with Gasteiger partial charge in [-0.25, -0.2) is 4.79 Å². The van der Waals surface area contributed by atoms with Crippen molar-refractivity contribution in [2.75, 3.05) is 19.0 Å². The van der Waals surface area contributed by atoms with Crippen LogP contribution in [0.25, 0.3) is 0 Å². The Labute approximate surface area is 233 Å². The molecule has 0 aliphatic heterocycles. The van der Waals surface area contributed by atoms with Crippen LogP contribution >= 0.6 is 11.3 Å². The second-order valence-corrected chi connectivity index (χ2v) is 10.0. The standard InChI is InChI=1S/C29H36N4O5S/c1-37-19-22-12-14-23(15-13-22)31-27(34)25(11-5-6-16-30)32-28(35)26(18-24-10-7-17-39-24)33-29(36)38-20-21-8-3-2-4-9-21/h2-4,7-10,12-15,17,25-26H,5-6,11,16,18-20,30H2,1H3,(H,31,34)(H,32,35)(H,33,36)/t25-,26-/m0/s1. The molecule has 39 heavy (non-hydrogen) atoms. The van der Waals surface area contributed by atoms with Crippen molar-refractivity contribution in [3.8, 4) is 0 Å². The predicted molar refractivity (Wildman–Crippen MR) is 152 cm³/mol. The number of anilines is 1. The highest BCUT2D eigenvalue weighted by molar-refractivity contribution is 7.09. The van der Waals surface area contributed by atoms with E-state index in [1.54, 1.807) is 19.2 Å². The Kier molecular flexibility index (Phi) is 12.4. The summed E-state index contributed by atoms with van der Waals surface area (Å²) >= 11 is 1.48. The zero-order valence-corrected chi connectivity index (χ0v) is 22.9. The minimum Gasteiger partial charge on any atom is -0.445 e. The molecule has 0 saturated heterocycles. The van der Waals surface area contributed by atoms with Crippen LogP contribution < -0.4 is 21.7 Å². The van der Waals surface area contributed by atoms with Gasteiger partial charge in [0.1, 0.15) is 18.7 Å². The van der Waals surface area contributed by atoms with E-state index < -0.39 is 24.1 Å². The summed E-state index contributed by atoms with van der Waals surface area (Å²) in [7, 11) is 1.62. The molecule has 0 spiro atoms. The van der Waals surface area contributed by atoms with E-state index in [0.29, 0.717) is 38.1 Å². The molecule has 0 unspecified atom stereocenters. The van der Waals surface area contributed by atoms with Crippen LogP contribution in [0.1, 0.15) is 35.3 Å². The maximum absolute atomic E-state index is 13.4. The molecule has 1 aromatic heterocycles. The molecule has 208 valence electrons. The Bertz CT molecular complexity index is 1160. The van der Waals surface area contributed by atoms with E-state index in [-0.39, 0.29) is 18.9 Å². The monoisotopic (exact) mass is 552 g/mol. The molecule has 0 fully saturated rings. The minimum absolute atomic E-state index is 0.0767. The third-order valence-corrected chi connectivity index (χ3v) is 6.82. The van der Waals surface area contributed by atoms with Crippen LogP contribution in [0.5, 0.6) is 0 Å². The lowest BCUT2D eigenvalue weighted by Gasteiger charge is -2.23. The first-order chi connectivity index (χ1) is 19.0. The summed E-state index contributed by atoms with van der Waals surface area (Å²) in [5.41, 5.74) is 8.06. The molecule has 2 atom stereocenters. The number of rotatable bonds is 15. The summed E-state index contributed by atoms with van der Waals surface area (Å²) in [5, 5.41) is 10.3. The van der Waals surface area contributed by atoms with Gasteiger partial charge in [-0.1, -0.05) is 48.5 Å². The van der Waals surface area contributed by atoms with Crippen molar-refractivity contribution in [3.05, 3.63) is 88.1 Å². The second kappa shape index (κ2) is 16.3. The number of thiophene rings is 1. The highest BCUT2D eigenvalue weighted by atomic mass is 32.1. The molecule has 3 amide bonds. The van der Waals surface area contributed by atoms with Gasteiger partial charge in [0.05, 0.1) is 6.61 Å². The molecule has 1 heterocycles. The van der Waals surface area contributed by atoms with Crippen LogP contribution in [0.4, 0.5) is 10.5 Å². The fourth-order valence-corrected chi connectivity index (χ4v) is 4.61. The van der Waals surface area contributed by atoms with E-state index >= 15 is 0 Å². The number of unbranched alkanes of at least 4 members (excludes halogenated alkanes) is 1. The summed E-state index contributed by atoms with van der Waals surface area (Å²) in [6.07, 6.45) is 1.33. The first-order valence-corrected chi connectivity index (χ1v) is 13.7. The average Bonchev–Trinajstić information content (AvgIpc) is 3.46. The molecule has 5 N–H and O–H groups in total. The highest BCUT2D eigenvalue weighted by Crippen LogP contribution is 2.14. The Morgan fingerprint density at radius 2 is 1.59 bits per heavy atom. The minimum atomic E-state index is -0.926. The first-order valence-electron chi connectivity index (χ1n) is 12.9. The Morgan fingerprint density at radius 3 is 2.26 bits per heavy atom. The smallest absolute Gasteiger partial charge is 0.408 e. The summed E-state index contributed by atoms with van der Waals surface area (Å²) in [6.45, 7) is 1.03. The van der Waals surface area contributed by atoms with Gasteiger partial charge in [-0.2, -0.15) is 0 Å². The van der Waals surface area contributed by atoms with Crippen molar-refractivity contribution in [3.63, 3.8) is 0 Å². The molecule has 3 rings (SSSR count). The van der Waals surface area contributed by atoms with Gasteiger partial charge in [-0.05, 0) is 60.5 Å². The first kappa shape index (κ1) is 29.8. The Balaban J connectivity index is 1.67. The van der Waals surface area contributed by atoms with Gasteiger partial charge in [0.15, 0.2) is 0 Å². The van der Waals surface area contributed by atoms with Crippen molar-refractivity contribution in [1.82, 2.24) is 10.6 Å². The number of alkyl carbamates (subject to hydrolysis) is 1. The van der Waals surface area contributed by atoms with E-state index in [9.17, 15) is 14.4 Å². The van der Waals surface area contributed by atoms with Crippen LogP contribution in [-0.2, 0) is 38.7 Å². The van der Waals surface area contributed by atoms with Gasteiger partial charge in [0, 0.05) is 24.1 Å². The highest BCUT2D eigenvalue weighted by Gasteiger charge is 2.27. The van der Waals surface area contributed by atoms with Crippen LogP contribution in [-0.4, -0.2) is 43.6 Å². The molecule has 0 saturated carbocycles. The van der Waals surface area contributed by atoms with Gasteiger partial charge in [-0.15, -0.1) is 11.3 Å². The largest absolute Gasteiger partial charge is 0.445 e. The zero-order valence-electron chi connectivity index (χ0n) is 22.1. The number of carbonyl (C=O) groups excluding carboxylic acids is 3. The van der Waals surface area contributed by atoms with Crippen molar-refractivity contribution >= 4 is 34.9 Å². The van der Waals surface area contributed by atoms with Crippen LogP contribution in [0, 0.1) is 0 Å². The number of hydrogen-bond acceptors (Lipinski definition) is 7. The molecule has 3 aromatic rings. The van der Waals surface area contributed by atoms with E-state index in [0.717, 1.165) is 16.0 Å². The lowest BCUT2D eigenvalue weighted by molar-refractivity contribution is -0.128. The van der Waals surface area contributed by atoms with Crippen molar-refractivity contribution in [1.29, 1.82) is 0 Å². The molecule has 0 bridgehead atoms. The quantitative estimate of drug-likeness (QED) is 0.211. The van der Waals surface area contributed by atoms with E-state index in [1.807, 2.05) is 60.0 Å². The van der Waals surface area contributed by atoms with E-state index in [4.69, 9.17) is 15.2 Å². The van der Waals surface area contributed by atoms with E-state index in [1.165, 1.54) is 11.3 Å². The molecular formula is C29H36N4O5S. The van der Waals surface area contributed by atoms with Crippen LogP contribution in [0.15, 0.2) is 72.1 Å². The number of hydrogen-bond donors (Lipinski definition) is 4. The van der Waals surface area contributed by atoms with Gasteiger partial charge < -0.3 is 31.2 Å². The molecule has 2 aromatic carbocycles. The SMILES string of the molecule is COCc1ccc(NC(=O)[C@H](CCCCN)NC(=O)[C@H](Cc2cccs2)NC(=O)OCc2ccccc2)cc1. The number of methoxy groups -OCH3 is 1. The number of benzene rings is 2. The van der Waals surface area contributed by atoms with Crippen molar-refractivity contribution < 1.29 is 23.9 Å². The number of amides is 3. The second-order valence-electron chi connectivity index (χ2n) is 9.01. The van der Waals surface area contributed by atoms with Crippen molar-refractivity contribution in [2.24, 2.45) is 5.73 Å². The van der Waals surface area contributed by atoms with Gasteiger partial charge in [0.25, 0.3) is 0 Å². The third kappa shape index (κ3) is 10.5. The lowest BCUT2D eigenvalue weighted by atomic mass is 10.1. The third-order valence-electron chi connectivity index (χ3n) is 5.92. The molecule has 0 aliphatic carbocycles. The van der Waals surface area contributed by atoms with Crippen LogP contribution in [0.2, 0.25) is 0 Å². The number of nitrogens with two attached hydrogens (primary N) is 1. The summed E-state index contributed by atoms with van der Waals surface area (Å²) in [5.74, 6) is -0.815. The zero-order chi connectivity index (χ0) is 27.9. The maximum atomic E-state index is 13.4. The van der Waals surface area contributed by atoms with Crippen molar-refractivity contribution in [2.45, 2.75) is 51.0 Å². The molecule has 0 aliphatic rings. The fourth-order valence-electron chi connectivity index (χ4n) is 3.86. The fraction of sp³-hybridized carbons (Fsp3) is 0.345. The molecule has 9 nitrogen and oxygen atoms in total. The Hall–Kier alpha value is -3.73. The maximum Gasteiger partial charge on any atom is 0.408 e. The van der Waals surface area contributed by atoms with Gasteiger partial charge in [0.2, 0.25) is 11.8 Å². The number of carbonyl (C=O) groups is 3. The Morgan fingerprint density at radius 1 is 0.846 bits per heavy atom. The average molecular weight is 553 g/mol. The van der Waals surface area contributed by atoms with Crippen LogP contribution in [0.3, 0.4) is 0 Å². The van der Waals surface area contributed by atoms with Gasteiger partial charge >= 0.3 is 6.09 Å². The lowest BCUT2D eigenvalue weighted by Crippen LogP contribution is -2.53. The summed E-state index contributed by atoms with van der Waals surface area (Å²) in [6, 6.07) is 18.6. The summed E-state index contributed by atoms with van der Waals surface area (Å²) in [4.78, 5) is 40.1. The molecule has 0 radical (unpaired) electrons. The number of nitrogens with one attached hydrogen (secondary N) is 3.